The summed E-state index contributed by atoms with van der Waals surface area (Å²) in [5.74, 6) is 1.15. The Morgan fingerprint density at radius 1 is 1.29 bits per heavy atom. The summed E-state index contributed by atoms with van der Waals surface area (Å²) in [6.45, 7) is 2.95. The molecule has 0 amide bonds. The van der Waals surface area contributed by atoms with Crippen molar-refractivity contribution in [3.8, 4) is 5.75 Å². The standard InChI is InChI=1S/C17H26N2O4S/c1-18(2)24(21,22)16-7-5-15(6-8-16)23-12-11-19-10-9-17(20,13-19)14-3-4-14/h5-8,14,20H,3-4,9-13H2,1-2H3. The Bertz CT molecular complexity index is 670. The summed E-state index contributed by atoms with van der Waals surface area (Å²) in [5.41, 5.74) is -0.484. The van der Waals surface area contributed by atoms with Crippen LogP contribution in [0.5, 0.6) is 5.75 Å². The molecule has 1 N–H and O–H groups in total. The number of β-amino-alcohol motifs (C(OH)–C–C–N with tert-alkyl or cyclic N) is 1. The number of aliphatic hydroxyl groups is 1. The molecule has 1 aromatic rings. The number of nitrogens with zero attached hydrogens (tertiary/aromatic N) is 2. The Balaban J connectivity index is 1.47. The number of benzene rings is 1. The summed E-state index contributed by atoms with van der Waals surface area (Å²) < 4.78 is 30.9. The minimum Gasteiger partial charge on any atom is -0.492 e. The van der Waals surface area contributed by atoms with E-state index < -0.39 is 15.6 Å². The van der Waals surface area contributed by atoms with Gasteiger partial charge in [0.2, 0.25) is 10.0 Å². The fourth-order valence-electron chi connectivity index (χ4n) is 3.25. The van der Waals surface area contributed by atoms with Crippen LogP contribution in [0.4, 0.5) is 0 Å². The van der Waals surface area contributed by atoms with Crippen LogP contribution in [0.3, 0.4) is 0 Å². The lowest BCUT2D eigenvalue weighted by Crippen LogP contribution is -2.36. The van der Waals surface area contributed by atoms with Gasteiger partial charge in [0.25, 0.3) is 0 Å². The number of hydrogen-bond acceptors (Lipinski definition) is 5. The van der Waals surface area contributed by atoms with Gasteiger partial charge in [0.1, 0.15) is 12.4 Å². The molecule has 7 heteroatoms. The summed E-state index contributed by atoms with van der Waals surface area (Å²) in [7, 11) is -0.376. The summed E-state index contributed by atoms with van der Waals surface area (Å²) in [5, 5.41) is 10.5. The Morgan fingerprint density at radius 3 is 2.54 bits per heavy atom. The van der Waals surface area contributed by atoms with Gasteiger partial charge in [0, 0.05) is 33.7 Å². The zero-order valence-corrected chi connectivity index (χ0v) is 15.1. The molecule has 1 aromatic carbocycles. The second kappa shape index (κ2) is 6.63. The van der Waals surface area contributed by atoms with Gasteiger partial charge in [0.15, 0.2) is 0 Å². The molecule has 2 aliphatic rings. The molecule has 1 atom stereocenters. The Kier molecular flexibility index (Phi) is 4.88. The van der Waals surface area contributed by atoms with Crippen LogP contribution < -0.4 is 4.74 Å². The molecular weight excluding hydrogens is 328 g/mol. The Labute approximate surface area is 144 Å². The average Bonchev–Trinajstić information content (AvgIpc) is 3.33. The number of likely N-dealkylation sites (tertiary alicyclic amines) is 1. The third kappa shape index (κ3) is 3.74. The highest BCUT2D eigenvalue weighted by atomic mass is 32.2. The largest absolute Gasteiger partial charge is 0.492 e. The SMILES string of the molecule is CN(C)S(=O)(=O)c1ccc(OCCN2CCC(O)(C3CC3)C2)cc1. The molecule has 24 heavy (non-hydrogen) atoms. The second-order valence-corrected chi connectivity index (χ2v) is 9.16. The van der Waals surface area contributed by atoms with E-state index in [-0.39, 0.29) is 4.90 Å². The van der Waals surface area contributed by atoms with Crippen molar-refractivity contribution in [2.75, 3.05) is 40.3 Å². The van der Waals surface area contributed by atoms with Gasteiger partial charge in [-0.1, -0.05) is 0 Å². The van der Waals surface area contributed by atoms with Gasteiger partial charge in [-0.3, -0.25) is 4.90 Å². The van der Waals surface area contributed by atoms with Crippen molar-refractivity contribution < 1.29 is 18.3 Å². The summed E-state index contributed by atoms with van der Waals surface area (Å²) in [6, 6.07) is 6.49. The Hall–Kier alpha value is -1.15. The first-order chi connectivity index (χ1) is 11.3. The number of ether oxygens (including phenoxy) is 1. The van der Waals surface area contributed by atoms with E-state index in [1.54, 1.807) is 24.3 Å². The minimum absolute atomic E-state index is 0.258. The number of sulfonamides is 1. The topological polar surface area (TPSA) is 70.1 Å². The third-order valence-corrected chi connectivity index (χ3v) is 6.80. The van der Waals surface area contributed by atoms with E-state index in [2.05, 4.69) is 4.90 Å². The van der Waals surface area contributed by atoms with Crippen molar-refractivity contribution in [2.45, 2.75) is 29.8 Å². The second-order valence-electron chi connectivity index (χ2n) is 7.01. The predicted molar refractivity (Wildman–Crippen MR) is 91.5 cm³/mol. The van der Waals surface area contributed by atoms with Crippen LogP contribution in [0.2, 0.25) is 0 Å². The summed E-state index contributed by atoms with van der Waals surface area (Å²) >= 11 is 0. The van der Waals surface area contributed by atoms with Gasteiger partial charge in [-0.15, -0.1) is 0 Å². The molecule has 3 rings (SSSR count). The van der Waals surface area contributed by atoms with E-state index in [0.717, 1.165) is 38.9 Å². The van der Waals surface area contributed by atoms with Gasteiger partial charge in [-0.2, -0.15) is 0 Å². The molecule has 1 saturated heterocycles. The highest BCUT2D eigenvalue weighted by Crippen LogP contribution is 2.44. The monoisotopic (exact) mass is 354 g/mol. The lowest BCUT2D eigenvalue weighted by atomic mass is 9.97. The van der Waals surface area contributed by atoms with Crippen LogP contribution in [0.15, 0.2) is 29.2 Å². The van der Waals surface area contributed by atoms with Crippen molar-refractivity contribution in [2.24, 2.45) is 5.92 Å². The maximum Gasteiger partial charge on any atom is 0.242 e. The van der Waals surface area contributed by atoms with Crippen LogP contribution in [-0.2, 0) is 10.0 Å². The van der Waals surface area contributed by atoms with Gasteiger partial charge < -0.3 is 9.84 Å². The maximum absolute atomic E-state index is 12.0. The smallest absolute Gasteiger partial charge is 0.242 e. The van der Waals surface area contributed by atoms with Crippen LogP contribution in [-0.4, -0.2) is 68.7 Å². The number of hydrogen-bond donors (Lipinski definition) is 1. The highest BCUT2D eigenvalue weighted by molar-refractivity contribution is 7.89. The van der Waals surface area contributed by atoms with Crippen LogP contribution >= 0.6 is 0 Å². The molecule has 2 fully saturated rings. The van der Waals surface area contributed by atoms with E-state index >= 15 is 0 Å². The first-order valence-corrected chi connectivity index (χ1v) is 9.85. The third-order valence-electron chi connectivity index (χ3n) is 4.97. The van der Waals surface area contributed by atoms with E-state index in [1.165, 1.54) is 18.4 Å². The fourth-order valence-corrected chi connectivity index (χ4v) is 4.15. The van der Waals surface area contributed by atoms with Crippen LogP contribution in [0, 0.1) is 5.92 Å². The van der Waals surface area contributed by atoms with E-state index in [4.69, 9.17) is 4.74 Å². The number of rotatable bonds is 7. The molecule has 134 valence electrons. The van der Waals surface area contributed by atoms with Crippen LogP contribution in [0.25, 0.3) is 0 Å². The van der Waals surface area contributed by atoms with E-state index in [0.29, 0.717) is 18.3 Å². The van der Waals surface area contributed by atoms with Crippen LogP contribution in [0.1, 0.15) is 19.3 Å². The van der Waals surface area contributed by atoms with E-state index in [9.17, 15) is 13.5 Å². The molecule has 0 bridgehead atoms. The average molecular weight is 354 g/mol. The van der Waals surface area contributed by atoms with Crippen molar-refractivity contribution in [1.82, 2.24) is 9.21 Å². The first kappa shape index (κ1) is 17.7. The van der Waals surface area contributed by atoms with Gasteiger partial charge in [0.05, 0.1) is 10.5 Å². The fraction of sp³-hybridized carbons (Fsp3) is 0.647. The minimum atomic E-state index is -3.40. The van der Waals surface area contributed by atoms with Gasteiger partial charge >= 0.3 is 0 Å². The molecule has 1 aliphatic heterocycles. The summed E-state index contributed by atoms with van der Waals surface area (Å²) in [6.07, 6.45) is 3.17. The summed E-state index contributed by atoms with van der Waals surface area (Å²) in [4.78, 5) is 2.50. The molecular formula is C17H26N2O4S. The molecule has 0 aromatic heterocycles. The molecule has 1 saturated carbocycles. The lowest BCUT2D eigenvalue weighted by Gasteiger charge is -2.23. The van der Waals surface area contributed by atoms with E-state index in [1.807, 2.05) is 0 Å². The zero-order valence-electron chi connectivity index (χ0n) is 14.3. The molecule has 0 spiro atoms. The van der Waals surface area contributed by atoms with Crippen molar-refractivity contribution >= 4 is 10.0 Å². The Morgan fingerprint density at radius 2 is 1.96 bits per heavy atom. The zero-order chi connectivity index (χ0) is 17.4. The quantitative estimate of drug-likeness (QED) is 0.796. The predicted octanol–water partition coefficient (Wildman–Crippen LogP) is 1.16. The van der Waals surface area contributed by atoms with Gasteiger partial charge in [-0.25, -0.2) is 12.7 Å². The maximum atomic E-state index is 12.0. The van der Waals surface area contributed by atoms with Crippen molar-refractivity contribution in [3.63, 3.8) is 0 Å². The van der Waals surface area contributed by atoms with Gasteiger partial charge in [-0.05, 0) is 49.4 Å². The highest BCUT2D eigenvalue weighted by Gasteiger charge is 2.47. The normalized spacial score (nSPS) is 25.3. The first-order valence-electron chi connectivity index (χ1n) is 8.41. The van der Waals surface area contributed by atoms with Crippen molar-refractivity contribution in [3.05, 3.63) is 24.3 Å². The molecule has 6 nitrogen and oxygen atoms in total. The van der Waals surface area contributed by atoms with Crippen molar-refractivity contribution in [1.29, 1.82) is 0 Å². The molecule has 1 aliphatic carbocycles. The molecule has 0 radical (unpaired) electrons. The molecule has 1 unspecified atom stereocenters. The molecule has 1 heterocycles. The lowest BCUT2D eigenvalue weighted by molar-refractivity contribution is 0.0260.